The summed E-state index contributed by atoms with van der Waals surface area (Å²) in [4.78, 5) is 35.3. The van der Waals surface area contributed by atoms with E-state index in [1.807, 2.05) is 37.3 Å². The Hall–Kier alpha value is -3.01. The highest BCUT2D eigenvalue weighted by Gasteiger charge is 2.36. The fourth-order valence-electron chi connectivity index (χ4n) is 2.86. The summed E-state index contributed by atoms with van der Waals surface area (Å²) in [5, 5.41) is 0. The highest BCUT2D eigenvalue weighted by Crippen LogP contribution is 2.47. The third-order valence-electron chi connectivity index (χ3n) is 4.32. The molecule has 0 aliphatic rings. The van der Waals surface area contributed by atoms with Crippen LogP contribution >= 0.6 is 7.60 Å². The first-order chi connectivity index (χ1) is 13.3. The lowest BCUT2D eigenvalue weighted by molar-refractivity contribution is 0.0700. The van der Waals surface area contributed by atoms with E-state index >= 15 is 0 Å². The highest BCUT2D eigenvalue weighted by molar-refractivity contribution is 7.72. The second-order valence-corrected chi connectivity index (χ2v) is 8.06. The molecule has 0 radical (unpaired) electrons. The van der Waals surface area contributed by atoms with Gasteiger partial charge in [-0.15, -0.1) is 0 Å². The molecule has 3 aromatic rings. The maximum atomic E-state index is 12.8. The van der Waals surface area contributed by atoms with Gasteiger partial charge in [-0.2, -0.15) is 0 Å². The Morgan fingerprint density at radius 1 is 0.857 bits per heavy atom. The molecule has 0 bridgehead atoms. The summed E-state index contributed by atoms with van der Waals surface area (Å²) in [7, 11) is -4.86. The summed E-state index contributed by atoms with van der Waals surface area (Å²) in [6.45, 7) is 3.53. The number of carbonyl (C=O) groups excluding carboxylic acids is 2. The SMILES string of the molecule is Cc1ccc(C(=O)P(=O)(O)OC(=O)c2c(C)cccc2-c2ccccc2)cc1. The molecule has 1 N–H and O–H groups in total. The number of hydrogen-bond donors (Lipinski definition) is 1. The van der Waals surface area contributed by atoms with Crippen molar-refractivity contribution in [3.63, 3.8) is 0 Å². The lowest BCUT2D eigenvalue weighted by Crippen LogP contribution is -2.12. The summed E-state index contributed by atoms with van der Waals surface area (Å²) in [6.07, 6.45) is 0. The van der Waals surface area contributed by atoms with Crippen LogP contribution in [-0.4, -0.2) is 16.4 Å². The van der Waals surface area contributed by atoms with E-state index in [1.54, 1.807) is 37.3 Å². The molecule has 0 amide bonds. The van der Waals surface area contributed by atoms with Gasteiger partial charge in [-0.1, -0.05) is 78.4 Å². The molecule has 3 aromatic carbocycles. The molecule has 0 fully saturated rings. The molecule has 3 rings (SSSR count). The summed E-state index contributed by atoms with van der Waals surface area (Å²) in [5.41, 5.74) is 1.85. The molecule has 1 unspecified atom stereocenters. The Kier molecular flexibility index (Phi) is 5.59. The third kappa shape index (κ3) is 4.11. The van der Waals surface area contributed by atoms with Crippen molar-refractivity contribution in [2.45, 2.75) is 13.8 Å². The number of benzene rings is 3. The molecule has 6 heteroatoms. The number of rotatable bonds is 5. The minimum Gasteiger partial charge on any atom is -0.383 e. The second kappa shape index (κ2) is 7.93. The zero-order valence-electron chi connectivity index (χ0n) is 15.5. The van der Waals surface area contributed by atoms with Gasteiger partial charge in [-0.25, -0.2) is 9.36 Å². The molecule has 0 saturated heterocycles. The first-order valence-electron chi connectivity index (χ1n) is 8.63. The molecule has 0 aromatic heterocycles. The first-order valence-corrected chi connectivity index (χ1v) is 10.2. The lowest BCUT2D eigenvalue weighted by Gasteiger charge is -2.15. The number of carbonyl (C=O) groups is 2. The van der Waals surface area contributed by atoms with Crippen molar-refractivity contribution in [2.75, 3.05) is 0 Å². The van der Waals surface area contributed by atoms with Crippen molar-refractivity contribution < 1.29 is 23.6 Å². The van der Waals surface area contributed by atoms with Gasteiger partial charge >= 0.3 is 13.6 Å². The van der Waals surface area contributed by atoms with Gasteiger partial charge in [-0.05, 0) is 30.5 Å². The van der Waals surface area contributed by atoms with E-state index in [9.17, 15) is 19.0 Å². The summed E-state index contributed by atoms with van der Waals surface area (Å²) >= 11 is 0. The molecule has 0 saturated carbocycles. The predicted molar refractivity (Wildman–Crippen MR) is 107 cm³/mol. The Balaban J connectivity index is 1.94. The van der Waals surface area contributed by atoms with Gasteiger partial charge in [0.15, 0.2) is 0 Å². The monoisotopic (exact) mass is 394 g/mol. The van der Waals surface area contributed by atoms with E-state index in [1.165, 1.54) is 12.1 Å². The Labute approximate surface area is 163 Å². The second-order valence-electron chi connectivity index (χ2n) is 6.43. The molecule has 0 spiro atoms. The van der Waals surface area contributed by atoms with Crippen molar-refractivity contribution in [3.05, 3.63) is 95.1 Å². The number of aryl methyl sites for hydroxylation is 2. The van der Waals surface area contributed by atoms with E-state index in [-0.39, 0.29) is 11.1 Å². The van der Waals surface area contributed by atoms with Gasteiger partial charge in [0.2, 0.25) is 0 Å². The van der Waals surface area contributed by atoms with Gasteiger partial charge in [0, 0.05) is 5.56 Å². The maximum Gasteiger partial charge on any atom is 0.450 e. The smallest absolute Gasteiger partial charge is 0.383 e. The van der Waals surface area contributed by atoms with Crippen LogP contribution in [0.5, 0.6) is 0 Å². The van der Waals surface area contributed by atoms with Gasteiger partial charge in [-0.3, -0.25) is 4.79 Å². The molecular weight excluding hydrogens is 375 g/mol. The van der Waals surface area contributed by atoms with E-state index in [0.717, 1.165) is 11.1 Å². The highest BCUT2D eigenvalue weighted by atomic mass is 31.2. The van der Waals surface area contributed by atoms with Crippen LogP contribution < -0.4 is 0 Å². The molecule has 0 heterocycles. The zero-order valence-corrected chi connectivity index (χ0v) is 16.4. The third-order valence-corrected chi connectivity index (χ3v) is 5.51. The normalized spacial score (nSPS) is 12.8. The molecular formula is C22H19O5P. The largest absolute Gasteiger partial charge is 0.450 e. The summed E-state index contributed by atoms with van der Waals surface area (Å²) in [5.74, 6) is -1.01. The molecule has 28 heavy (non-hydrogen) atoms. The fourth-order valence-corrected chi connectivity index (χ4v) is 3.73. The Bertz CT molecular complexity index is 1070. The first kappa shape index (κ1) is 19.7. The molecule has 0 aliphatic carbocycles. The minimum atomic E-state index is -4.86. The fraction of sp³-hybridized carbons (Fsp3) is 0.0909. The predicted octanol–water partition coefficient (Wildman–Crippen LogP) is 5.15. The van der Waals surface area contributed by atoms with Gasteiger partial charge < -0.3 is 9.42 Å². The maximum absolute atomic E-state index is 12.8. The van der Waals surface area contributed by atoms with E-state index in [4.69, 9.17) is 4.52 Å². The molecule has 142 valence electrons. The minimum absolute atomic E-state index is 0.0114. The van der Waals surface area contributed by atoms with Gasteiger partial charge in [0.05, 0.1) is 5.56 Å². The number of hydrogen-bond acceptors (Lipinski definition) is 4. The van der Waals surface area contributed by atoms with E-state index in [2.05, 4.69) is 0 Å². The average molecular weight is 394 g/mol. The van der Waals surface area contributed by atoms with Crippen molar-refractivity contribution in [1.82, 2.24) is 0 Å². The van der Waals surface area contributed by atoms with Gasteiger partial charge in [0.1, 0.15) is 0 Å². The van der Waals surface area contributed by atoms with Crippen molar-refractivity contribution in [1.29, 1.82) is 0 Å². The van der Waals surface area contributed by atoms with Crippen LogP contribution in [0, 0.1) is 13.8 Å². The lowest BCUT2D eigenvalue weighted by atomic mass is 9.96. The van der Waals surface area contributed by atoms with Crippen LogP contribution in [0.2, 0.25) is 0 Å². The van der Waals surface area contributed by atoms with Crippen molar-refractivity contribution >= 4 is 19.1 Å². The zero-order chi connectivity index (χ0) is 20.3. The van der Waals surface area contributed by atoms with Crippen LogP contribution in [-0.2, 0) is 9.09 Å². The van der Waals surface area contributed by atoms with Crippen molar-refractivity contribution in [2.24, 2.45) is 0 Å². The topological polar surface area (TPSA) is 80.7 Å². The van der Waals surface area contributed by atoms with Crippen LogP contribution in [0.1, 0.15) is 31.8 Å². The van der Waals surface area contributed by atoms with Crippen molar-refractivity contribution in [3.8, 4) is 11.1 Å². The Morgan fingerprint density at radius 3 is 2.14 bits per heavy atom. The van der Waals surface area contributed by atoms with Crippen LogP contribution in [0.15, 0.2) is 72.8 Å². The van der Waals surface area contributed by atoms with Crippen LogP contribution in [0.3, 0.4) is 0 Å². The quantitative estimate of drug-likeness (QED) is 0.605. The van der Waals surface area contributed by atoms with Gasteiger partial charge in [0.25, 0.3) is 5.52 Å². The summed E-state index contributed by atoms with van der Waals surface area (Å²) in [6, 6.07) is 20.5. The molecule has 0 aliphatic heterocycles. The van der Waals surface area contributed by atoms with Crippen LogP contribution in [0.4, 0.5) is 0 Å². The summed E-state index contributed by atoms with van der Waals surface area (Å²) < 4.78 is 17.3. The van der Waals surface area contributed by atoms with E-state index in [0.29, 0.717) is 11.1 Å². The average Bonchev–Trinajstić information content (AvgIpc) is 2.68. The molecule has 5 nitrogen and oxygen atoms in total. The Morgan fingerprint density at radius 2 is 1.50 bits per heavy atom. The van der Waals surface area contributed by atoms with E-state index < -0.39 is 19.1 Å². The van der Waals surface area contributed by atoms with Crippen LogP contribution in [0.25, 0.3) is 11.1 Å². The molecule has 1 atom stereocenters. The standard InChI is InChI=1S/C22H19O5P/c1-15-11-13-18(14-12-15)22(24)28(25,26)27-21(23)20-16(2)7-6-10-19(20)17-8-4-3-5-9-17/h3-14H,1-2H3,(H,25,26).